The number of hydrogen-bond donors (Lipinski definition) is 2. The monoisotopic (exact) mass is 390 g/mol. The first-order valence-corrected chi connectivity index (χ1v) is 10.8. The molecule has 2 aliphatic rings. The van der Waals surface area contributed by atoms with Crippen molar-refractivity contribution in [1.29, 1.82) is 0 Å². The quantitative estimate of drug-likeness (QED) is 0.773. The number of anilines is 2. The van der Waals surface area contributed by atoms with Gasteiger partial charge in [-0.2, -0.15) is 0 Å². The van der Waals surface area contributed by atoms with Crippen LogP contribution in [0.4, 0.5) is 20.6 Å². The van der Waals surface area contributed by atoms with Crippen molar-refractivity contribution < 1.29 is 9.18 Å². The van der Waals surface area contributed by atoms with Crippen LogP contribution in [0, 0.1) is 5.82 Å². The topological polar surface area (TPSA) is 47.6 Å². The minimum absolute atomic E-state index is 0.177. The Labute approximate surface area is 168 Å². The lowest BCUT2D eigenvalue weighted by Crippen LogP contribution is -2.47. The molecule has 0 unspecified atom stereocenters. The van der Waals surface area contributed by atoms with Gasteiger partial charge >= 0.3 is 6.03 Å². The highest BCUT2D eigenvalue weighted by molar-refractivity contribution is 5.89. The molecular weight excluding hydrogens is 355 g/mol. The molecule has 2 N–H and O–H groups in total. The normalized spacial score (nSPS) is 19.6. The molecule has 0 aromatic heterocycles. The third-order valence-corrected chi connectivity index (χ3v) is 6.30. The van der Waals surface area contributed by atoms with Crippen LogP contribution in [0.15, 0.2) is 18.2 Å². The molecule has 0 bridgehead atoms. The Balaban J connectivity index is 1.52. The average Bonchev–Trinajstić information content (AvgIpc) is 2.68. The molecule has 2 amide bonds. The highest BCUT2D eigenvalue weighted by Gasteiger charge is 2.23. The summed E-state index contributed by atoms with van der Waals surface area (Å²) in [6.45, 7) is 6.40. The zero-order chi connectivity index (χ0) is 20.1. The predicted molar refractivity (Wildman–Crippen MR) is 114 cm³/mol. The molecule has 0 spiro atoms. The van der Waals surface area contributed by atoms with Gasteiger partial charge in [-0.25, -0.2) is 9.18 Å². The van der Waals surface area contributed by atoms with Crippen molar-refractivity contribution in [1.82, 2.24) is 10.2 Å². The predicted octanol–water partition coefficient (Wildman–Crippen LogP) is 4.59. The summed E-state index contributed by atoms with van der Waals surface area (Å²) in [7, 11) is 1.97. The first-order chi connectivity index (χ1) is 13.4. The minimum atomic E-state index is -0.281. The van der Waals surface area contributed by atoms with Gasteiger partial charge in [0.25, 0.3) is 0 Å². The Kier molecular flexibility index (Phi) is 7.16. The van der Waals surface area contributed by atoms with Crippen molar-refractivity contribution in [3.8, 4) is 0 Å². The van der Waals surface area contributed by atoms with Gasteiger partial charge in [0.05, 0.1) is 5.69 Å². The number of benzene rings is 1. The zero-order valence-corrected chi connectivity index (χ0v) is 17.5. The van der Waals surface area contributed by atoms with E-state index in [1.54, 1.807) is 12.1 Å². The van der Waals surface area contributed by atoms with E-state index in [1.165, 1.54) is 25.3 Å². The largest absolute Gasteiger partial charge is 0.369 e. The SMILES string of the molecule is CC(C)N1CCC(NC(=O)Nc2ccc(N(C)C3CCCCC3)c(F)c2)CC1. The van der Waals surface area contributed by atoms with Crippen molar-refractivity contribution in [2.75, 3.05) is 30.4 Å². The van der Waals surface area contributed by atoms with Crippen molar-refractivity contribution in [3.63, 3.8) is 0 Å². The van der Waals surface area contributed by atoms with Gasteiger partial charge in [-0.3, -0.25) is 0 Å². The summed E-state index contributed by atoms with van der Waals surface area (Å²) in [5.74, 6) is -0.281. The van der Waals surface area contributed by atoms with Gasteiger partial charge in [0.1, 0.15) is 5.82 Å². The van der Waals surface area contributed by atoms with Crippen LogP contribution in [0.2, 0.25) is 0 Å². The summed E-state index contributed by atoms with van der Waals surface area (Å²) < 4.78 is 14.7. The maximum absolute atomic E-state index is 14.7. The van der Waals surface area contributed by atoms with Crippen molar-refractivity contribution in [2.24, 2.45) is 0 Å². The van der Waals surface area contributed by atoms with Gasteiger partial charge < -0.3 is 20.4 Å². The van der Waals surface area contributed by atoms with Gasteiger partial charge in [-0.05, 0) is 57.7 Å². The van der Waals surface area contributed by atoms with Gasteiger partial charge in [0.15, 0.2) is 0 Å². The molecule has 1 aliphatic carbocycles. The molecule has 1 saturated carbocycles. The van der Waals surface area contributed by atoms with E-state index in [0.717, 1.165) is 38.8 Å². The van der Waals surface area contributed by atoms with Crippen LogP contribution >= 0.6 is 0 Å². The van der Waals surface area contributed by atoms with Crippen molar-refractivity contribution >= 4 is 17.4 Å². The van der Waals surface area contributed by atoms with Crippen LogP contribution in [0.1, 0.15) is 58.8 Å². The molecule has 1 aromatic carbocycles. The van der Waals surface area contributed by atoms with Crippen molar-refractivity contribution in [3.05, 3.63) is 24.0 Å². The third kappa shape index (κ3) is 5.37. The molecule has 1 heterocycles. The summed E-state index contributed by atoms with van der Waals surface area (Å²) in [6, 6.07) is 5.87. The number of urea groups is 1. The summed E-state index contributed by atoms with van der Waals surface area (Å²) >= 11 is 0. The number of hydrogen-bond acceptors (Lipinski definition) is 3. The molecule has 1 aliphatic heterocycles. The fraction of sp³-hybridized carbons (Fsp3) is 0.682. The summed E-state index contributed by atoms with van der Waals surface area (Å²) in [5, 5.41) is 5.81. The molecule has 5 nitrogen and oxygen atoms in total. The smallest absolute Gasteiger partial charge is 0.319 e. The number of likely N-dealkylation sites (tertiary alicyclic amines) is 1. The van der Waals surface area contributed by atoms with Crippen LogP contribution in [0.25, 0.3) is 0 Å². The first kappa shape index (κ1) is 20.9. The van der Waals surface area contributed by atoms with Crippen LogP contribution in [-0.4, -0.2) is 49.2 Å². The summed E-state index contributed by atoms with van der Waals surface area (Å²) in [6.07, 6.45) is 7.85. The molecule has 6 heteroatoms. The lowest BCUT2D eigenvalue weighted by molar-refractivity contribution is 0.163. The standard InChI is InChI=1S/C22H35FN4O/c1-16(2)27-13-11-17(12-14-27)24-22(28)25-18-9-10-21(20(23)15-18)26(3)19-7-5-4-6-8-19/h9-10,15-17,19H,4-8,11-14H2,1-3H3,(H2,24,25,28). The minimum Gasteiger partial charge on any atom is -0.369 e. The van der Waals surface area contributed by atoms with Crippen LogP contribution < -0.4 is 15.5 Å². The van der Waals surface area contributed by atoms with E-state index in [4.69, 9.17) is 0 Å². The van der Waals surface area contributed by atoms with Gasteiger partial charge in [-0.1, -0.05) is 19.3 Å². The molecule has 1 aromatic rings. The lowest BCUT2D eigenvalue weighted by Gasteiger charge is -2.34. The number of carbonyl (C=O) groups excluding carboxylic acids is 1. The van der Waals surface area contributed by atoms with Crippen LogP contribution in [0.5, 0.6) is 0 Å². The van der Waals surface area contributed by atoms with E-state index in [2.05, 4.69) is 34.3 Å². The molecular formula is C22H35FN4O. The number of carbonyl (C=O) groups is 1. The number of halogens is 1. The second-order valence-corrected chi connectivity index (χ2v) is 8.57. The second-order valence-electron chi connectivity index (χ2n) is 8.57. The number of piperidine rings is 1. The van der Waals surface area contributed by atoms with Crippen LogP contribution in [0.3, 0.4) is 0 Å². The second kappa shape index (κ2) is 9.59. The number of amides is 2. The molecule has 1 saturated heterocycles. The molecule has 28 heavy (non-hydrogen) atoms. The van der Waals surface area contributed by atoms with Gasteiger partial charge in [0.2, 0.25) is 0 Å². The van der Waals surface area contributed by atoms with Crippen LogP contribution in [-0.2, 0) is 0 Å². The molecule has 3 rings (SSSR count). The fourth-order valence-corrected chi connectivity index (χ4v) is 4.45. The van der Waals surface area contributed by atoms with Crippen molar-refractivity contribution in [2.45, 2.75) is 76.9 Å². The fourth-order valence-electron chi connectivity index (χ4n) is 4.45. The van der Waals surface area contributed by atoms with E-state index in [1.807, 2.05) is 7.05 Å². The number of nitrogens with zero attached hydrogens (tertiary/aromatic N) is 2. The Morgan fingerprint density at radius 1 is 1.14 bits per heavy atom. The maximum atomic E-state index is 14.7. The molecule has 0 radical (unpaired) electrons. The Morgan fingerprint density at radius 2 is 1.82 bits per heavy atom. The van der Waals surface area contributed by atoms with Gasteiger partial charge in [-0.15, -0.1) is 0 Å². The Morgan fingerprint density at radius 3 is 2.43 bits per heavy atom. The van der Waals surface area contributed by atoms with E-state index in [-0.39, 0.29) is 17.9 Å². The highest BCUT2D eigenvalue weighted by Crippen LogP contribution is 2.29. The summed E-state index contributed by atoms with van der Waals surface area (Å²) in [5.41, 5.74) is 1.11. The highest BCUT2D eigenvalue weighted by atomic mass is 19.1. The number of rotatable bonds is 5. The molecule has 2 fully saturated rings. The van der Waals surface area contributed by atoms with E-state index < -0.39 is 0 Å². The van der Waals surface area contributed by atoms with E-state index >= 15 is 0 Å². The molecule has 0 atom stereocenters. The summed E-state index contributed by atoms with van der Waals surface area (Å²) in [4.78, 5) is 16.8. The molecule has 156 valence electrons. The van der Waals surface area contributed by atoms with E-state index in [9.17, 15) is 9.18 Å². The van der Waals surface area contributed by atoms with Gasteiger partial charge in [0, 0.05) is 44.0 Å². The Bertz CT molecular complexity index is 652. The Hall–Kier alpha value is -1.82. The zero-order valence-electron chi connectivity index (χ0n) is 17.5. The third-order valence-electron chi connectivity index (χ3n) is 6.30. The average molecular weight is 391 g/mol. The van der Waals surface area contributed by atoms with E-state index in [0.29, 0.717) is 23.5 Å². The first-order valence-electron chi connectivity index (χ1n) is 10.8. The maximum Gasteiger partial charge on any atom is 0.319 e. The number of nitrogens with one attached hydrogen (secondary N) is 2. The lowest BCUT2D eigenvalue weighted by atomic mass is 9.94.